The lowest BCUT2D eigenvalue weighted by Gasteiger charge is -2.14. The van der Waals surface area contributed by atoms with Crippen molar-refractivity contribution >= 4 is 18.6 Å². The van der Waals surface area contributed by atoms with Crippen molar-refractivity contribution in [2.24, 2.45) is 9.98 Å². The van der Waals surface area contributed by atoms with Gasteiger partial charge in [-0.1, -0.05) is 0 Å². The third-order valence-electron chi connectivity index (χ3n) is 1.33. The average Bonchev–Trinajstić information content (AvgIpc) is 2.21. The first kappa shape index (κ1) is 6.84. The Kier molecular flexibility index (Phi) is 1.73. The molecule has 0 fully saturated rings. The molecule has 0 spiro atoms. The molecule has 2 rings (SSSR count). The van der Waals surface area contributed by atoms with E-state index in [0.717, 1.165) is 0 Å². The Balaban J connectivity index is 2.21. The van der Waals surface area contributed by atoms with E-state index in [1.807, 2.05) is 0 Å². The molecule has 0 saturated heterocycles. The zero-order valence-electron chi connectivity index (χ0n) is 6.20. The molecule has 0 aromatic carbocycles. The van der Waals surface area contributed by atoms with Crippen molar-refractivity contribution in [2.45, 2.75) is 0 Å². The number of nitrogens with zero attached hydrogens (tertiary/aromatic N) is 6. The maximum Gasteiger partial charge on any atom is 0.235 e. The Labute approximate surface area is 68.7 Å². The van der Waals surface area contributed by atoms with E-state index in [2.05, 4.69) is 24.9 Å². The molecule has 6 nitrogen and oxygen atoms in total. The van der Waals surface area contributed by atoms with Gasteiger partial charge in [-0.2, -0.15) is 0 Å². The summed E-state index contributed by atoms with van der Waals surface area (Å²) in [7, 11) is 0. The topological polar surface area (TPSA) is 66.6 Å². The van der Waals surface area contributed by atoms with Crippen LogP contribution >= 0.6 is 0 Å². The van der Waals surface area contributed by atoms with E-state index in [1.54, 1.807) is 11.2 Å². The van der Waals surface area contributed by atoms with Gasteiger partial charge in [-0.3, -0.25) is 9.89 Å². The lowest BCUT2D eigenvalue weighted by atomic mass is 10.7. The second-order valence-corrected chi connectivity index (χ2v) is 2.11. The van der Waals surface area contributed by atoms with Crippen molar-refractivity contribution in [1.82, 2.24) is 15.0 Å². The Bertz CT molecular complexity index is 305. The van der Waals surface area contributed by atoms with Crippen LogP contribution in [0.1, 0.15) is 0 Å². The molecule has 12 heavy (non-hydrogen) atoms. The number of aliphatic imine (C=N–C) groups is 2. The van der Waals surface area contributed by atoms with Crippen LogP contribution in [0.25, 0.3) is 0 Å². The van der Waals surface area contributed by atoms with Crippen molar-refractivity contribution in [3.63, 3.8) is 0 Å². The molecule has 0 amide bonds. The van der Waals surface area contributed by atoms with Crippen molar-refractivity contribution in [3.05, 3.63) is 12.7 Å². The van der Waals surface area contributed by atoms with E-state index in [1.165, 1.54) is 19.0 Å². The van der Waals surface area contributed by atoms with E-state index >= 15 is 0 Å². The number of aromatic nitrogens is 3. The highest BCUT2D eigenvalue weighted by molar-refractivity contribution is 5.84. The van der Waals surface area contributed by atoms with Crippen LogP contribution in [0.3, 0.4) is 0 Å². The van der Waals surface area contributed by atoms with Crippen LogP contribution in [-0.2, 0) is 0 Å². The summed E-state index contributed by atoms with van der Waals surface area (Å²) < 4.78 is 0. The van der Waals surface area contributed by atoms with Gasteiger partial charge >= 0.3 is 0 Å². The van der Waals surface area contributed by atoms with Crippen molar-refractivity contribution in [1.29, 1.82) is 0 Å². The number of hydrogen-bond acceptors (Lipinski definition) is 6. The Hall–Kier alpha value is -1.85. The van der Waals surface area contributed by atoms with Gasteiger partial charge in [0.15, 0.2) is 0 Å². The van der Waals surface area contributed by atoms with Crippen LogP contribution in [0.2, 0.25) is 0 Å². The van der Waals surface area contributed by atoms with Gasteiger partial charge in [0.25, 0.3) is 0 Å². The molecule has 0 atom stereocenters. The van der Waals surface area contributed by atoms with E-state index < -0.39 is 0 Å². The van der Waals surface area contributed by atoms with Crippen LogP contribution in [0.4, 0.5) is 5.95 Å². The lowest BCUT2D eigenvalue weighted by molar-refractivity contribution is 0.923. The van der Waals surface area contributed by atoms with Crippen LogP contribution in [-0.4, -0.2) is 34.3 Å². The molecule has 0 saturated carbocycles. The number of anilines is 1. The van der Waals surface area contributed by atoms with Gasteiger partial charge in [0.05, 0.1) is 0 Å². The summed E-state index contributed by atoms with van der Waals surface area (Å²) in [5.74, 6) is 0.561. The van der Waals surface area contributed by atoms with Gasteiger partial charge in [-0.05, 0) is 0 Å². The van der Waals surface area contributed by atoms with Gasteiger partial charge in [0.2, 0.25) is 5.95 Å². The largest absolute Gasteiger partial charge is 0.280 e. The predicted molar refractivity (Wildman–Crippen MR) is 44.2 cm³/mol. The minimum Gasteiger partial charge on any atom is -0.280 e. The van der Waals surface area contributed by atoms with Crippen molar-refractivity contribution in [2.75, 3.05) is 11.6 Å². The van der Waals surface area contributed by atoms with Crippen molar-refractivity contribution in [3.8, 4) is 0 Å². The molecule has 1 aliphatic heterocycles. The number of rotatable bonds is 1. The Morgan fingerprint density at radius 1 is 1.25 bits per heavy atom. The summed E-state index contributed by atoms with van der Waals surface area (Å²) in [6, 6.07) is 0. The summed E-state index contributed by atoms with van der Waals surface area (Å²) in [5, 5.41) is 0. The SMILES string of the molecule is C1=NC=NCN1c1ncncn1. The summed E-state index contributed by atoms with van der Waals surface area (Å²) in [5.41, 5.74) is 0. The van der Waals surface area contributed by atoms with Gasteiger partial charge in [-0.15, -0.1) is 0 Å². The fraction of sp³-hybridized carbons (Fsp3) is 0.167. The maximum absolute atomic E-state index is 3.94. The van der Waals surface area contributed by atoms with Crippen LogP contribution in [0, 0.1) is 0 Å². The zero-order valence-corrected chi connectivity index (χ0v) is 6.20. The molecule has 2 heterocycles. The lowest BCUT2D eigenvalue weighted by Crippen LogP contribution is -2.25. The fourth-order valence-electron chi connectivity index (χ4n) is 0.815. The molecule has 1 aliphatic rings. The second kappa shape index (κ2) is 3.04. The Morgan fingerprint density at radius 3 is 2.75 bits per heavy atom. The van der Waals surface area contributed by atoms with Crippen LogP contribution < -0.4 is 4.90 Å². The molecule has 0 unspecified atom stereocenters. The molecule has 0 aliphatic carbocycles. The van der Waals surface area contributed by atoms with Gasteiger partial charge in [0.1, 0.15) is 32.0 Å². The van der Waals surface area contributed by atoms with E-state index in [9.17, 15) is 0 Å². The van der Waals surface area contributed by atoms with Crippen molar-refractivity contribution < 1.29 is 0 Å². The quantitative estimate of drug-likeness (QED) is 0.568. The standard InChI is InChI=1S/C6H6N6/c1-8-4-12(5-9-1)6-10-2-7-3-11-6/h1-4H,5H2. The molecule has 6 heteroatoms. The molecule has 1 aromatic rings. The first-order valence-electron chi connectivity index (χ1n) is 3.37. The van der Waals surface area contributed by atoms with Gasteiger partial charge < -0.3 is 0 Å². The maximum atomic E-state index is 3.94. The molecule has 0 radical (unpaired) electrons. The molecular formula is C6H6N6. The third kappa shape index (κ3) is 1.26. The summed E-state index contributed by atoms with van der Waals surface area (Å²) in [6.07, 6.45) is 6.00. The normalized spacial score (nSPS) is 15.2. The third-order valence-corrected chi connectivity index (χ3v) is 1.33. The summed E-state index contributed by atoms with van der Waals surface area (Å²) >= 11 is 0. The first-order valence-corrected chi connectivity index (χ1v) is 3.37. The van der Waals surface area contributed by atoms with Crippen LogP contribution in [0.15, 0.2) is 22.6 Å². The van der Waals surface area contributed by atoms with Crippen LogP contribution in [0.5, 0.6) is 0 Å². The number of hydrogen-bond donors (Lipinski definition) is 0. The summed E-state index contributed by atoms with van der Waals surface area (Å²) in [6.45, 7) is 0.507. The van der Waals surface area contributed by atoms with E-state index in [4.69, 9.17) is 0 Å². The molecule has 60 valence electrons. The molecule has 0 N–H and O–H groups in total. The average molecular weight is 162 g/mol. The zero-order chi connectivity index (χ0) is 8.23. The minimum absolute atomic E-state index is 0.507. The fourth-order valence-corrected chi connectivity index (χ4v) is 0.815. The predicted octanol–water partition coefficient (Wildman–Crippen LogP) is -0.294. The highest BCUT2D eigenvalue weighted by atomic mass is 15.3. The first-order chi connectivity index (χ1) is 5.97. The van der Waals surface area contributed by atoms with Gasteiger partial charge in [0, 0.05) is 0 Å². The highest BCUT2D eigenvalue weighted by Gasteiger charge is 2.05. The van der Waals surface area contributed by atoms with E-state index in [0.29, 0.717) is 12.6 Å². The van der Waals surface area contributed by atoms with Gasteiger partial charge in [-0.25, -0.2) is 19.9 Å². The monoisotopic (exact) mass is 162 g/mol. The molecule has 1 aromatic heterocycles. The minimum atomic E-state index is 0.507. The second-order valence-electron chi connectivity index (χ2n) is 2.11. The Morgan fingerprint density at radius 2 is 2.08 bits per heavy atom. The summed E-state index contributed by atoms with van der Waals surface area (Å²) in [4.78, 5) is 21.1. The molecule has 0 bridgehead atoms. The van der Waals surface area contributed by atoms with E-state index in [-0.39, 0.29) is 0 Å². The molecular weight excluding hydrogens is 156 g/mol. The smallest absolute Gasteiger partial charge is 0.235 e. The highest BCUT2D eigenvalue weighted by Crippen LogP contribution is 2.02.